The quantitative estimate of drug-likeness (QED) is 0.796. The summed E-state index contributed by atoms with van der Waals surface area (Å²) in [5.74, 6) is 1.89. The second kappa shape index (κ2) is 5.21. The van der Waals surface area contributed by atoms with Crippen LogP contribution in [0, 0.1) is 11.8 Å². The highest BCUT2D eigenvalue weighted by atomic mass is 16.5. The molecule has 0 aromatic carbocycles. The Morgan fingerprint density at radius 3 is 2.24 bits per heavy atom. The van der Waals surface area contributed by atoms with Gasteiger partial charge in [0, 0.05) is 25.2 Å². The number of nitrogens with zero attached hydrogens (tertiary/aromatic N) is 2. The number of rotatable bonds is 2. The van der Waals surface area contributed by atoms with E-state index < -0.39 is 0 Å². The molecule has 1 N–H and O–H groups in total. The molecule has 0 aromatic rings. The van der Waals surface area contributed by atoms with E-state index in [4.69, 9.17) is 4.74 Å². The van der Waals surface area contributed by atoms with Gasteiger partial charge in [0.2, 0.25) is 5.91 Å². The molecule has 5 heteroatoms. The van der Waals surface area contributed by atoms with Crippen molar-refractivity contribution in [3.63, 3.8) is 0 Å². The summed E-state index contributed by atoms with van der Waals surface area (Å²) in [4.78, 5) is 17.2. The standard InChI is InChI=1S/C16H27N3O2/c1-10-7-18(8-11(2)21-10)16(20)9-19-14-3-4-15(19)13-6-17-5-12(13)14/h10-15,17H,3-9H2,1-2H3/t10-,11+,12-,13+,14-,15+. The molecule has 5 nitrogen and oxygen atoms in total. The van der Waals surface area contributed by atoms with Crippen LogP contribution in [0.3, 0.4) is 0 Å². The summed E-state index contributed by atoms with van der Waals surface area (Å²) in [6.45, 7) is 8.56. The number of carbonyl (C=O) groups excluding carboxylic acids is 1. The van der Waals surface area contributed by atoms with Crippen molar-refractivity contribution in [3.05, 3.63) is 0 Å². The van der Waals surface area contributed by atoms with E-state index in [1.807, 2.05) is 4.90 Å². The van der Waals surface area contributed by atoms with Crippen molar-refractivity contribution < 1.29 is 9.53 Å². The number of amides is 1. The molecule has 4 saturated heterocycles. The molecule has 4 aliphatic heterocycles. The van der Waals surface area contributed by atoms with Gasteiger partial charge in [0.1, 0.15) is 0 Å². The van der Waals surface area contributed by atoms with Crippen LogP contribution >= 0.6 is 0 Å². The predicted octanol–water partition coefficient (Wildman–Crippen LogP) is 0.304. The summed E-state index contributed by atoms with van der Waals surface area (Å²) in [5, 5.41) is 3.54. The van der Waals surface area contributed by atoms with Crippen LogP contribution in [0.5, 0.6) is 0 Å². The summed E-state index contributed by atoms with van der Waals surface area (Å²) in [7, 11) is 0. The predicted molar refractivity (Wildman–Crippen MR) is 80.0 cm³/mol. The van der Waals surface area contributed by atoms with Crippen molar-refractivity contribution in [2.75, 3.05) is 32.7 Å². The molecule has 118 valence electrons. The van der Waals surface area contributed by atoms with Crippen molar-refractivity contribution in [2.24, 2.45) is 11.8 Å². The zero-order chi connectivity index (χ0) is 14.6. The maximum atomic E-state index is 12.7. The van der Waals surface area contributed by atoms with Crippen molar-refractivity contribution in [2.45, 2.75) is 51.0 Å². The molecule has 0 aliphatic carbocycles. The van der Waals surface area contributed by atoms with E-state index in [2.05, 4.69) is 24.1 Å². The molecule has 4 fully saturated rings. The number of ether oxygens (including phenoxy) is 1. The number of hydrogen-bond acceptors (Lipinski definition) is 4. The molecule has 0 radical (unpaired) electrons. The molecular weight excluding hydrogens is 266 g/mol. The lowest BCUT2D eigenvalue weighted by atomic mass is 9.82. The van der Waals surface area contributed by atoms with E-state index in [1.54, 1.807) is 0 Å². The van der Waals surface area contributed by atoms with E-state index in [0.717, 1.165) is 38.0 Å². The van der Waals surface area contributed by atoms with E-state index >= 15 is 0 Å². The topological polar surface area (TPSA) is 44.8 Å². The second-order valence-corrected chi connectivity index (χ2v) is 7.43. The van der Waals surface area contributed by atoms with Crippen molar-refractivity contribution in [1.29, 1.82) is 0 Å². The van der Waals surface area contributed by atoms with Gasteiger partial charge in [-0.25, -0.2) is 0 Å². The van der Waals surface area contributed by atoms with E-state index in [1.165, 1.54) is 12.8 Å². The summed E-state index contributed by atoms with van der Waals surface area (Å²) >= 11 is 0. The van der Waals surface area contributed by atoms with Gasteiger partial charge in [-0.05, 0) is 51.6 Å². The van der Waals surface area contributed by atoms with E-state index in [9.17, 15) is 4.79 Å². The van der Waals surface area contributed by atoms with Crippen LogP contribution < -0.4 is 5.32 Å². The minimum Gasteiger partial charge on any atom is -0.372 e. The van der Waals surface area contributed by atoms with Crippen LogP contribution in [-0.4, -0.2) is 72.7 Å². The molecule has 6 atom stereocenters. The fraction of sp³-hybridized carbons (Fsp3) is 0.938. The molecule has 2 bridgehead atoms. The van der Waals surface area contributed by atoms with Crippen molar-refractivity contribution >= 4 is 5.91 Å². The first kappa shape index (κ1) is 14.0. The normalized spacial score (nSPS) is 46.1. The highest BCUT2D eigenvalue weighted by Crippen LogP contribution is 2.47. The second-order valence-electron chi connectivity index (χ2n) is 7.43. The van der Waals surface area contributed by atoms with Gasteiger partial charge in [0.15, 0.2) is 0 Å². The van der Waals surface area contributed by atoms with Crippen LogP contribution in [-0.2, 0) is 9.53 Å². The Balaban J connectivity index is 1.41. The number of nitrogens with one attached hydrogen (secondary N) is 1. The van der Waals surface area contributed by atoms with Crippen LogP contribution in [0.15, 0.2) is 0 Å². The fourth-order valence-electron chi connectivity index (χ4n) is 5.27. The van der Waals surface area contributed by atoms with Crippen LogP contribution in [0.1, 0.15) is 26.7 Å². The van der Waals surface area contributed by atoms with Gasteiger partial charge in [-0.1, -0.05) is 0 Å². The molecule has 0 unspecified atom stereocenters. The molecule has 1 amide bonds. The average molecular weight is 293 g/mol. The van der Waals surface area contributed by atoms with Gasteiger partial charge in [0.25, 0.3) is 0 Å². The Kier molecular flexibility index (Phi) is 3.47. The maximum Gasteiger partial charge on any atom is 0.236 e. The van der Waals surface area contributed by atoms with Crippen LogP contribution in [0.25, 0.3) is 0 Å². The summed E-state index contributed by atoms with van der Waals surface area (Å²) in [6, 6.07) is 1.30. The molecular formula is C16H27N3O2. The zero-order valence-electron chi connectivity index (χ0n) is 13.1. The zero-order valence-corrected chi connectivity index (χ0v) is 13.1. The summed E-state index contributed by atoms with van der Waals surface area (Å²) in [6.07, 6.45) is 2.90. The Hall–Kier alpha value is -0.650. The van der Waals surface area contributed by atoms with Gasteiger partial charge in [-0.15, -0.1) is 0 Å². The minimum absolute atomic E-state index is 0.164. The van der Waals surface area contributed by atoms with Gasteiger partial charge in [-0.2, -0.15) is 0 Å². The Bertz CT molecular complexity index is 402. The SMILES string of the molecule is C[C@@H]1CN(C(=O)CN2[C@@H]3CC[C@H]2[C@H]2CNC[C@H]23)C[C@H](C)O1. The molecule has 0 aromatic heterocycles. The highest BCUT2D eigenvalue weighted by Gasteiger charge is 2.54. The minimum atomic E-state index is 0.164. The van der Waals surface area contributed by atoms with Crippen LogP contribution in [0.4, 0.5) is 0 Å². The number of fused-ring (bicyclic) bond motifs is 5. The molecule has 0 saturated carbocycles. The third-order valence-electron chi connectivity index (χ3n) is 6.00. The summed E-state index contributed by atoms with van der Waals surface area (Å²) < 4.78 is 5.74. The third-order valence-corrected chi connectivity index (χ3v) is 6.00. The molecule has 21 heavy (non-hydrogen) atoms. The first-order chi connectivity index (χ1) is 10.1. The smallest absolute Gasteiger partial charge is 0.236 e. The number of morpholine rings is 1. The van der Waals surface area contributed by atoms with Crippen molar-refractivity contribution in [3.8, 4) is 0 Å². The number of carbonyl (C=O) groups is 1. The first-order valence-electron chi connectivity index (χ1n) is 8.53. The Labute approximate surface area is 127 Å². The van der Waals surface area contributed by atoms with Gasteiger partial charge >= 0.3 is 0 Å². The van der Waals surface area contributed by atoms with E-state index in [-0.39, 0.29) is 12.2 Å². The molecule has 4 aliphatic rings. The highest BCUT2D eigenvalue weighted by molar-refractivity contribution is 5.78. The number of hydrogen-bond donors (Lipinski definition) is 1. The monoisotopic (exact) mass is 293 g/mol. The fourth-order valence-corrected chi connectivity index (χ4v) is 5.27. The van der Waals surface area contributed by atoms with Gasteiger partial charge < -0.3 is 15.0 Å². The van der Waals surface area contributed by atoms with Gasteiger partial charge in [-0.3, -0.25) is 9.69 Å². The van der Waals surface area contributed by atoms with Crippen molar-refractivity contribution in [1.82, 2.24) is 15.1 Å². The van der Waals surface area contributed by atoms with E-state index in [0.29, 0.717) is 24.5 Å². The Morgan fingerprint density at radius 1 is 1.10 bits per heavy atom. The third kappa shape index (κ3) is 2.30. The first-order valence-corrected chi connectivity index (χ1v) is 8.53. The molecule has 4 rings (SSSR count). The lowest BCUT2D eigenvalue weighted by molar-refractivity contribution is -0.144. The maximum absolute atomic E-state index is 12.7. The molecule has 4 heterocycles. The van der Waals surface area contributed by atoms with Crippen LogP contribution in [0.2, 0.25) is 0 Å². The lowest BCUT2D eigenvalue weighted by Gasteiger charge is -2.36. The summed E-state index contributed by atoms with van der Waals surface area (Å²) in [5.41, 5.74) is 0. The largest absolute Gasteiger partial charge is 0.372 e. The molecule has 0 spiro atoms. The van der Waals surface area contributed by atoms with Gasteiger partial charge in [0.05, 0.1) is 18.8 Å². The average Bonchev–Trinajstić information content (AvgIpc) is 3.09. The Morgan fingerprint density at radius 2 is 1.67 bits per heavy atom. The lowest BCUT2D eigenvalue weighted by Crippen LogP contribution is -2.52.